The Morgan fingerprint density at radius 1 is 1.31 bits per heavy atom. The Kier molecular flexibility index (Phi) is 2.44. The zero-order valence-corrected chi connectivity index (χ0v) is 9.36. The van der Waals surface area contributed by atoms with Crippen molar-refractivity contribution in [3.63, 3.8) is 0 Å². The summed E-state index contributed by atoms with van der Waals surface area (Å²) in [5.41, 5.74) is 9.05. The number of allylic oxidation sites excluding steroid dienone is 1. The molecule has 0 radical (unpaired) electrons. The van der Waals surface area contributed by atoms with Crippen LogP contribution in [0.1, 0.15) is 30.7 Å². The van der Waals surface area contributed by atoms with Crippen LogP contribution in [0.4, 0.5) is 0 Å². The van der Waals surface area contributed by atoms with Gasteiger partial charge >= 0.3 is 0 Å². The first-order valence-corrected chi connectivity index (χ1v) is 6.02. The molecule has 2 N–H and O–H groups in total. The number of rotatable bonds is 2. The van der Waals surface area contributed by atoms with Crippen molar-refractivity contribution >= 4 is 0 Å². The predicted octanol–water partition coefficient (Wildman–Crippen LogP) is 2.60. The van der Waals surface area contributed by atoms with E-state index in [4.69, 9.17) is 10.5 Å². The molecule has 2 unspecified atom stereocenters. The number of benzene rings is 1. The van der Waals surface area contributed by atoms with Crippen molar-refractivity contribution in [2.75, 3.05) is 6.61 Å². The zero-order chi connectivity index (χ0) is 11.0. The van der Waals surface area contributed by atoms with Crippen LogP contribution in [0.5, 0.6) is 5.75 Å². The molecule has 0 fully saturated rings. The SMILES string of the molecule is NC(C1=CCCC1)C1COc2ccccc21. The molecule has 0 amide bonds. The molecule has 0 saturated carbocycles. The van der Waals surface area contributed by atoms with E-state index in [1.165, 1.54) is 30.4 Å². The van der Waals surface area contributed by atoms with E-state index in [9.17, 15) is 0 Å². The molecule has 2 atom stereocenters. The predicted molar refractivity (Wildman–Crippen MR) is 64.6 cm³/mol. The Balaban J connectivity index is 1.87. The lowest BCUT2D eigenvalue weighted by Gasteiger charge is -2.19. The number of nitrogens with two attached hydrogens (primary N) is 1. The van der Waals surface area contributed by atoms with E-state index >= 15 is 0 Å². The van der Waals surface area contributed by atoms with Gasteiger partial charge in [-0.25, -0.2) is 0 Å². The smallest absolute Gasteiger partial charge is 0.122 e. The summed E-state index contributed by atoms with van der Waals surface area (Å²) >= 11 is 0. The number of para-hydroxylation sites is 1. The number of fused-ring (bicyclic) bond motifs is 1. The third-order valence-electron chi connectivity index (χ3n) is 3.67. The van der Waals surface area contributed by atoms with Crippen molar-refractivity contribution in [2.24, 2.45) is 5.73 Å². The first kappa shape index (κ1) is 9.91. The number of ether oxygens (including phenoxy) is 1. The zero-order valence-electron chi connectivity index (χ0n) is 9.36. The third kappa shape index (κ3) is 1.54. The van der Waals surface area contributed by atoms with Crippen LogP contribution in [0.3, 0.4) is 0 Å². The summed E-state index contributed by atoms with van der Waals surface area (Å²) in [4.78, 5) is 0. The minimum atomic E-state index is 0.145. The van der Waals surface area contributed by atoms with E-state index in [-0.39, 0.29) is 6.04 Å². The van der Waals surface area contributed by atoms with Crippen molar-refractivity contribution in [3.8, 4) is 5.75 Å². The molecule has 2 aliphatic rings. The van der Waals surface area contributed by atoms with E-state index in [2.05, 4.69) is 18.2 Å². The fourth-order valence-electron chi connectivity index (χ4n) is 2.74. The minimum absolute atomic E-state index is 0.145. The van der Waals surface area contributed by atoms with Gasteiger partial charge in [0.15, 0.2) is 0 Å². The molecule has 1 aromatic rings. The first-order chi connectivity index (χ1) is 7.86. The second-order valence-electron chi connectivity index (χ2n) is 4.65. The second kappa shape index (κ2) is 3.95. The highest BCUT2D eigenvalue weighted by molar-refractivity contribution is 5.42. The molecule has 16 heavy (non-hydrogen) atoms. The van der Waals surface area contributed by atoms with Gasteiger partial charge in [-0.1, -0.05) is 29.8 Å². The van der Waals surface area contributed by atoms with Crippen LogP contribution >= 0.6 is 0 Å². The van der Waals surface area contributed by atoms with Gasteiger partial charge in [-0.2, -0.15) is 0 Å². The molecular formula is C14H17NO. The van der Waals surface area contributed by atoms with Crippen molar-refractivity contribution in [2.45, 2.75) is 31.2 Å². The molecule has 1 aromatic carbocycles. The van der Waals surface area contributed by atoms with Gasteiger partial charge in [-0.15, -0.1) is 0 Å². The molecule has 2 heteroatoms. The van der Waals surface area contributed by atoms with Crippen LogP contribution < -0.4 is 10.5 Å². The topological polar surface area (TPSA) is 35.2 Å². The molecule has 1 aliphatic carbocycles. The summed E-state index contributed by atoms with van der Waals surface area (Å²) in [7, 11) is 0. The second-order valence-corrected chi connectivity index (χ2v) is 4.65. The highest BCUT2D eigenvalue weighted by atomic mass is 16.5. The van der Waals surface area contributed by atoms with Crippen molar-refractivity contribution < 1.29 is 4.74 Å². The molecule has 1 aliphatic heterocycles. The van der Waals surface area contributed by atoms with Crippen LogP contribution in [0.15, 0.2) is 35.9 Å². The molecule has 0 saturated heterocycles. The van der Waals surface area contributed by atoms with Gasteiger partial charge in [0.25, 0.3) is 0 Å². The Labute approximate surface area is 96.1 Å². The molecule has 0 spiro atoms. The molecule has 2 nitrogen and oxygen atoms in total. The molecule has 1 heterocycles. The highest BCUT2D eigenvalue weighted by Gasteiger charge is 2.31. The fourth-order valence-corrected chi connectivity index (χ4v) is 2.74. The average molecular weight is 215 g/mol. The largest absolute Gasteiger partial charge is 0.493 e. The lowest BCUT2D eigenvalue weighted by Crippen LogP contribution is -2.31. The Morgan fingerprint density at radius 2 is 2.19 bits per heavy atom. The summed E-state index contributed by atoms with van der Waals surface area (Å²) in [6, 6.07) is 8.40. The Morgan fingerprint density at radius 3 is 3.00 bits per heavy atom. The summed E-state index contributed by atoms with van der Waals surface area (Å²) in [5, 5.41) is 0. The van der Waals surface area contributed by atoms with Gasteiger partial charge in [-0.3, -0.25) is 0 Å². The molecule has 3 rings (SSSR count). The van der Waals surface area contributed by atoms with Crippen LogP contribution in [0.2, 0.25) is 0 Å². The quantitative estimate of drug-likeness (QED) is 0.770. The minimum Gasteiger partial charge on any atom is -0.493 e. The van der Waals surface area contributed by atoms with Crippen LogP contribution in [-0.4, -0.2) is 12.6 Å². The van der Waals surface area contributed by atoms with E-state index < -0.39 is 0 Å². The third-order valence-corrected chi connectivity index (χ3v) is 3.67. The maximum atomic E-state index is 6.35. The monoisotopic (exact) mass is 215 g/mol. The van der Waals surface area contributed by atoms with Gasteiger partial charge in [0.1, 0.15) is 5.75 Å². The van der Waals surface area contributed by atoms with Gasteiger partial charge in [0.2, 0.25) is 0 Å². The van der Waals surface area contributed by atoms with Crippen LogP contribution in [0.25, 0.3) is 0 Å². The van der Waals surface area contributed by atoms with Gasteiger partial charge in [0.05, 0.1) is 6.61 Å². The maximum absolute atomic E-state index is 6.35. The lowest BCUT2D eigenvalue weighted by atomic mass is 9.89. The molecular weight excluding hydrogens is 198 g/mol. The summed E-state index contributed by atoms with van der Waals surface area (Å²) in [5.74, 6) is 1.36. The van der Waals surface area contributed by atoms with Crippen LogP contribution in [-0.2, 0) is 0 Å². The average Bonchev–Trinajstić information content (AvgIpc) is 2.98. The highest BCUT2D eigenvalue weighted by Crippen LogP contribution is 2.38. The lowest BCUT2D eigenvalue weighted by molar-refractivity contribution is 0.320. The molecule has 84 valence electrons. The maximum Gasteiger partial charge on any atom is 0.122 e. The standard InChI is InChI=1S/C14H17NO/c15-14(10-5-1-2-6-10)12-9-16-13-8-4-3-7-11(12)13/h3-5,7-8,12,14H,1-2,6,9,15H2. The van der Waals surface area contributed by atoms with Gasteiger partial charge < -0.3 is 10.5 Å². The molecule has 0 aromatic heterocycles. The fraction of sp³-hybridized carbons (Fsp3) is 0.429. The van der Waals surface area contributed by atoms with Crippen molar-refractivity contribution in [1.29, 1.82) is 0 Å². The number of hydrogen-bond donors (Lipinski definition) is 1. The van der Waals surface area contributed by atoms with Gasteiger partial charge in [0, 0.05) is 17.5 Å². The van der Waals surface area contributed by atoms with Crippen LogP contribution in [0, 0.1) is 0 Å². The Hall–Kier alpha value is -1.28. The molecule has 0 bridgehead atoms. The van der Waals surface area contributed by atoms with Crippen molar-refractivity contribution in [3.05, 3.63) is 41.5 Å². The summed E-state index contributed by atoms with van der Waals surface area (Å²) in [6.07, 6.45) is 5.93. The summed E-state index contributed by atoms with van der Waals surface area (Å²) in [6.45, 7) is 0.734. The summed E-state index contributed by atoms with van der Waals surface area (Å²) < 4.78 is 5.68. The van der Waals surface area contributed by atoms with Gasteiger partial charge in [-0.05, 0) is 25.3 Å². The van der Waals surface area contributed by atoms with E-state index in [0.29, 0.717) is 5.92 Å². The van der Waals surface area contributed by atoms with Crippen molar-refractivity contribution in [1.82, 2.24) is 0 Å². The normalized spacial score (nSPS) is 24.8. The van der Waals surface area contributed by atoms with E-state index in [1.54, 1.807) is 0 Å². The van der Waals surface area contributed by atoms with E-state index in [1.807, 2.05) is 12.1 Å². The Bertz CT molecular complexity index is 424. The number of hydrogen-bond acceptors (Lipinski definition) is 2. The van der Waals surface area contributed by atoms with E-state index in [0.717, 1.165) is 12.4 Å². The first-order valence-electron chi connectivity index (χ1n) is 6.02.